The van der Waals surface area contributed by atoms with Gasteiger partial charge in [0.15, 0.2) is 11.5 Å². The van der Waals surface area contributed by atoms with Crippen molar-refractivity contribution in [3.05, 3.63) is 48.5 Å². The predicted octanol–water partition coefficient (Wildman–Crippen LogP) is 5.10. The summed E-state index contributed by atoms with van der Waals surface area (Å²) in [6.45, 7) is 0. The summed E-state index contributed by atoms with van der Waals surface area (Å²) < 4.78 is 0. The average Bonchev–Trinajstić information content (AvgIpc) is 2.84. The van der Waals surface area contributed by atoms with Gasteiger partial charge in [-0.1, -0.05) is 48.5 Å². The molecule has 8 N–H and O–H groups in total. The molecule has 6 aromatic carbocycles. The number of phenols is 8. The Bertz CT molecular complexity index is 1750. The van der Waals surface area contributed by atoms with Crippen LogP contribution in [-0.4, -0.2) is 40.9 Å². The minimum atomic E-state index is -1.13. The Morgan fingerprint density at radius 2 is 0.529 bits per heavy atom. The maximum Gasteiger partial charge on any atom is 0.205 e. The van der Waals surface area contributed by atoms with E-state index in [2.05, 4.69) is 0 Å². The van der Waals surface area contributed by atoms with Gasteiger partial charge in [0.25, 0.3) is 0 Å². The summed E-state index contributed by atoms with van der Waals surface area (Å²) in [7, 11) is 0. The van der Waals surface area contributed by atoms with Gasteiger partial charge in [-0.15, -0.1) is 0 Å². The highest BCUT2D eigenvalue weighted by Gasteiger charge is 2.30. The van der Waals surface area contributed by atoms with Gasteiger partial charge < -0.3 is 40.9 Å². The van der Waals surface area contributed by atoms with Gasteiger partial charge in [0, 0.05) is 10.8 Å². The Balaban J connectivity index is 2.04. The molecule has 0 bridgehead atoms. The Hall–Kier alpha value is -4.98. The maximum atomic E-state index is 11.4. The number of benzene rings is 6. The van der Waals surface area contributed by atoms with Crippen LogP contribution in [0.3, 0.4) is 0 Å². The molecule has 34 heavy (non-hydrogen) atoms. The number of rotatable bonds is 0. The van der Waals surface area contributed by atoms with Crippen LogP contribution in [0.2, 0.25) is 0 Å². The first-order chi connectivity index (χ1) is 16.3. The lowest BCUT2D eigenvalue weighted by Gasteiger charge is -2.19. The van der Waals surface area contributed by atoms with Crippen molar-refractivity contribution in [2.24, 2.45) is 0 Å². The number of hydrogen-bond acceptors (Lipinski definition) is 8. The summed E-state index contributed by atoms with van der Waals surface area (Å²) in [5, 5.41) is 86.6. The predicted molar refractivity (Wildman–Crippen MR) is 127 cm³/mol. The minimum absolute atomic E-state index is 0.195. The molecule has 8 heteroatoms. The zero-order valence-electron chi connectivity index (χ0n) is 17.2. The second-order valence-electron chi connectivity index (χ2n) is 8.13. The van der Waals surface area contributed by atoms with E-state index in [0.717, 1.165) is 10.8 Å². The van der Waals surface area contributed by atoms with Gasteiger partial charge in [0.05, 0.1) is 21.5 Å². The number of fused-ring (bicyclic) bond motifs is 8. The largest absolute Gasteiger partial charge is 0.506 e. The van der Waals surface area contributed by atoms with Crippen LogP contribution in [0.5, 0.6) is 46.0 Å². The lowest BCUT2D eigenvalue weighted by Crippen LogP contribution is -1.90. The molecule has 0 heterocycles. The first kappa shape index (κ1) is 19.7. The first-order valence-corrected chi connectivity index (χ1v) is 10.2. The highest BCUT2D eigenvalue weighted by molar-refractivity contribution is 6.34. The third-order valence-electron chi connectivity index (χ3n) is 6.47. The highest BCUT2D eigenvalue weighted by Crippen LogP contribution is 2.60. The van der Waals surface area contributed by atoms with Gasteiger partial charge >= 0.3 is 0 Å². The van der Waals surface area contributed by atoms with Crippen LogP contribution in [0, 0.1) is 0 Å². The summed E-state index contributed by atoms with van der Waals surface area (Å²) in [5.74, 6) is -6.93. The molecule has 0 atom stereocenters. The molecule has 168 valence electrons. The fraction of sp³-hybridized carbons (Fsp3) is 0. The van der Waals surface area contributed by atoms with Gasteiger partial charge in [0.2, 0.25) is 11.5 Å². The molecule has 0 fully saturated rings. The third-order valence-corrected chi connectivity index (χ3v) is 6.47. The SMILES string of the molecule is Oc1c(O)c(O)c2c(O)c3c(O)c4c5ccccc5c5ccccc5c4c(O)c3c(O)c2c1O. The summed E-state index contributed by atoms with van der Waals surface area (Å²) >= 11 is 0. The van der Waals surface area contributed by atoms with E-state index in [1.165, 1.54) is 0 Å². The molecular formula is C26H16O8. The molecule has 0 aliphatic heterocycles. The fourth-order valence-corrected chi connectivity index (χ4v) is 4.99. The number of aromatic hydroxyl groups is 8. The summed E-state index contributed by atoms with van der Waals surface area (Å²) in [4.78, 5) is 0. The van der Waals surface area contributed by atoms with Crippen molar-refractivity contribution in [2.75, 3.05) is 0 Å². The zero-order chi connectivity index (χ0) is 24.0. The van der Waals surface area contributed by atoms with Crippen molar-refractivity contribution >= 4 is 53.9 Å². The van der Waals surface area contributed by atoms with Gasteiger partial charge in [0.1, 0.15) is 23.0 Å². The van der Waals surface area contributed by atoms with Crippen molar-refractivity contribution in [3.63, 3.8) is 0 Å². The molecule has 6 rings (SSSR count). The average molecular weight is 456 g/mol. The van der Waals surface area contributed by atoms with Crippen LogP contribution in [0.25, 0.3) is 53.9 Å². The molecule has 6 aromatic rings. The van der Waals surface area contributed by atoms with E-state index >= 15 is 0 Å². The Kier molecular flexibility index (Phi) is 3.64. The standard InChI is InChI=1S/C26H16O8/c27-19-13-11-7-3-1-5-9(11)10-6-2-4-8-12(10)14(13)20(28)16-15(19)21(29)17-18(22(16)30)24(32)26(34)25(33)23(17)31/h1-8,27-34H. The second-order valence-corrected chi connectivity index (χ2v) is 8.13. The molecule has 0 aromatic heterocycles. The van der Waals surface area contributed by atoms with E-state index in [1.807, 2.05) is 24.3 Å². The lowest BCUT2D eigenvalue weighted by molar-refractivity contribution is 0.349. The van der Waals surface area contributed by atoms with Crippen molar-refractivity contribution < 1.29 is 40.9 Å². The van der Waals surface area contributed by atoms with Gasteiger partial charge in [-0.2, -0.15) is 0 Å². The van der Waals surface area contributed by atoms with E-state index in [9.17, 15) is 40.9 Å². The number of hydrogen-bond donors (Lipinski definition) is 8. The molecule has 0 amide bonds. The van der Waals surface area contributed by atoms with Crippen LogP contribution in [0.4, 0.5) is 0 Å². The van der Waals surface area contributed by atoms with Gasteiger partial charge in [-0.05, 0) is 21.5 Å². The zero-order valence-corrected chi connectivity index (χ0v) is 17.2. The molecule has 0 saturated heterocycles. The molecule has 0 aliphatic rings. The summed E-state index contributed by atoms with van der Waals surface area (Å²) in [6.07, 6.45) is 0. The lowest BCUT2D eigenvalue weighted by atomic mass is 9.88. The van der Waals surface area contributed by atoms with Gasteiger partial charge in [-0.3, -0.25) is 0 Å². The van der Waals surface area contributed by atoms with Crippen LogP contribution in [0.15, 0.2) is 48.5 Å². The van der Waals surface area contributed by atoms with E-state index < -0.39 is 67.5 Å². The third kappa shape index (κ3) is 2.11. The molecule has 0 unspecified atom stereocenters. The molecule has 0 saturated carbocycles. The summed E-state index contributed by atoms with van der Waals surface area (Å²) in [6, 6.07) is 14.3. The second kappa shape index (κ2) is 6.29. The normalized spacial score (nSPS) is 11.9. The van der Waals surface area contributed by atoms with Crippen LogP contribution >= 0.6 is 0 Å². The van der Waals surface area contributed by atoms with E-state index in [1.54, 1.807) is 24.3 Å². The van der Waals surface area contributed by atoms with Crippen molar-refractivity contribution in [1.82, 2.24) is 0 Å². The Morgan fingerprint density at radius 3 is 0.882 bits per heavy atom. The Labute approximate surface area is 189 Å². The summed E-state index contributed by atoms with van der Waals surface area (Å²) in [5.41, 5.74) is 0. The van der Waals surface area contributed by atoms with Gasteiger partial charge in [-0.25, -0.2) is 0 Å². The molecule has 0 radical (unpaired) electrons. The van der Waals surface area contributed by atoms with E-state index in [-0.39, 0.29) is 10.8 Å². The quantitative estimate of drug-likeness (QED) is 0.0678. The van der Waals surface area contributed by atoms with E-state index in [4.69, 9.17) is 0 Å². The number of phenolic OH excluding ortho intramolecular Hbond substituents is 8. The smallest absolute Gasteiger partial charge is 0.205 e. The maximum absolute atomic E-state index is 11.4. The molecule has 0 aliphatic carbocycles. The fourth-order valence-electron chi connectivity index (χ4n) is 4.99. The molecule has 0 spiro atoms. The Morgan fingerprint density at radius 1 is 0.265 bits per heavy atom. The van der Waals surface area contributed by atoms with Crippen LogP contribution in [-0.2, 0) is 0 Å². The van der Waals surface area contributed by atoms with Crippen molar-refractivity contribution in [2.45, 2.75) is 0 Å². The highest BCUT2D eigenvalue weighted by atomic mass is 16.3. The monoisotopic (exact) mass is 456 g/mol. The van der Waals surface area contributed by atoms with Crippen LogP contribution in [0.1, 0.15) is 0 Å². The molecule has 8 nitrogen and oxygen atoms in total. The minimum Gasteiger partial charge on any atom is -0.506 e. The van der Waals surface area contributed by atoms with Crippen molar-refractivity contribution in [1.29, 1.82) is 0 Å². The van der Waals surface area contributed by atoms with Crippen LogP contribution < -0.4 is 0 Å². The van der Waals surface area contributed by atoms with Crippen molar-refractivity contribution in [3.8, 4) is 46.0 Å². The topological polar surface area (TPSA) is 162 Å². The molecular weight excluding hydrogens is 440 g/mol. The first-order valence-electron chi connectivity index (χ1n) is 10.2. The van der Waals surface area contributed by atoms with E-state index in [0.29, 0.717) is 10.8 Å².